The van der Waals surface area contributed by atoms with Gasteiger partial charge in [-0.3, -0.25) is 9.78 Å². The predicted octanol–water partition coefficient (Wildman–Crippen LogP) is 3.39. The molecule has 158 valence electrons. The van der Waals surface area contributed by atoms with E-state index in [2.05, 4.69) is 30.1 Å². The summed E-state index contributed by atoms with van der Waals surface area (Å²) in [6.45, 7) is 0.387. The van der Waals surface area contributed by atoms with Crippen molar-refractivity contribution in [1.29, 1.82) is 0 Å². The van der Waals surface area contributed by atoms with Crippen LogP contribution < -0.4 is 0 Å². The van der Waals surface area contributed by atoms with Crippen LogP contribution >= 0.6 is 11.3 Å². The molecule has 1 aliphatic rings. The molecule has 6 rings (SSSR count). The van der Waals surface area contributed by atoms with Gasteiger partial charge in [-0.2, -0.15) is 0 Å². The Bertz CT molecular complexity index is 1440. The van der Waals surface area contributed by atoms with E-state index in [1.54, 1.807) is 47.8 Å². The van der Waals surface area contributed by atoms with Gasteiger partial charge in [-0.1, -0.05) is 12.1 Å². The number of hydrogen-bond donors (Lipinski definition) is 1. The van der Waals surface area contributed by atoms with Crippen LogP contribution in [0.2, 0.25) is 0 Å². The molecule has 0 saturated heterocycles. The first kappa shape index (κ1) is 18.8. The van der Waals surface area contributed by atoms with E-state index in [0.29, 0.717) is 34.1 Å². The summed E-state index contributed by atoms with van der Waals surface area (Å²) >= 11 is 1.33. The second-order valence-corrected chi connectivity index (χ2v) is 8.25. The molecule has 1 aromatic carbocycles. The molecular weight excluding hydrogens is 433 g/mol. The van der Waals surface area contributed by atoms with Gasteiger partial charge < -0.3 is 14.3 Å². The molecule has 0 saturated carbocycles. The van der Waals surface area contributed by atoms with Crippen LogP contribution in [0.3, 0.4) is 0 Å². The quantitative estimate of drug-likeness (QED) is 0.451. The predicted molar refractivity (Wildman–Crippen MR) is 112 cm³/mol. The lowest BCUT2D eigenvalue weighted by Gasteiger charge is -2.32. The van der Waals surface area contributed by atoms with Crippen molar-refractivity contribution < 1.29 is 13.6 Å². The third kappa shape index (κ3) is 2.97. The van der Waals surface area contributed by atoms with E-state index in [-0.39, 0.29) is 17.3 Å². The van der Waals surface area contributed by atoms with Crippen LogP contribution in [0.5, 0.6) is 0 Å². The number of carbonyl (C=O) groups excluding carboxylic acids is 1. The molecule has 11 heteroatoms. The third-order valence-corrected chi connectivity index (χ3v) is 6.37. The molecule has 5 heterocycles. The number of carbonyl (C=O) groups is 1. The minimum atomic E-state index is -0.598. The zero-order valence-electron chi connectivity index (χ0n) is 16.4. The van der Waals surface area contributed by atoms with E-state index in [1.165, 1.54) is 17.4 Å². The maximum Gasteiger partial charge on any atom is 0.312 e. The first-order chi connectivity index (χ1) is 15.7. The number of halogens is 1. The number of imidazole rings is 1. The minimum Gasteiger partial charge on any atom is -0.411 e. The Labute approximate surface area is 184 Å². The number of hydrogen-bond acceptors (Lipinski definition) is 8. The summed E-state index contributed by atoms with van der Waals surface area (Å²) in [4.78, 5) is 31.2. The Morgan fingerprint density at radius 3 is 2.97 bits per heavy atom. The Morgan fingerprint density at radius 2 is 2.12 bits per heavy atom. The van der Waals surface area contributed by atoms with Gasteiger partial charge in [0.05, 0.1) is 16.7 Å². The highest BCUT2D eigenvalue weighted by molar-refractivity contribution is 7.18. The van der Waals surface area contributed by atoms with Gasteiger partial charge in [-0.05, 0) is 24.3 Å². The lowest BCUT2D eigenvalue weighted by molar-refractivity contribution is 0.0650. The number of aromatic amines is 1. The van der Waals surface area contributed by atoms with Crippen molar-refractivity contribution in [2.24, 2.45) is 0 Å². The Hall–Kier alpha value is -3.99. The number of para-hydroxylation sites is 1. The average Bonchev–Trinajstić information content (AvgIpc) is 3.58. The molecule has 1 N–H and O–H groups in total. The van der Waals surface area contributed by atoms with Crippen LogP contribution in [-0.4, -0.2) is 47.5 Å². The van der Waals surface area contributed by atoms with Crippen LogP contribution in [0.15, 0.2) is 53.3 Å². The third-order valence-electron chi connectivity index (χ3n) is 5.30. The maximum atomic E-state index is 14.3. The molecule has 0 fully saturated rings. The van der Waals surface area contributed by atoms with Crippen LogP contribution in [0, 0.1) is 5.82 Å². The zero-order valence-corrected chi connectivity index (χ0v) is 17.2. The summed E-state index contributed by atoms with van der Waals surface area (Å²) < 4.78 is 20.6. The van der Waals surface area contributed by atoms with Crippen molar-refractivity contribution in [2.45, 2.75) is 12.5 Å². The van der Waals surface area contributed by atoms with Gasteiger partial charge in [-0.25, -0.2) is 14.4 Å². The molecule has 32 heavy (non-hydrogen) atoms. The molecular formula is C21H14FN7O2S. The number of pyridine rings is 1. The van der Waals surface area contributed by atoms with Gasteiger partial charge >= 0.3 is 11.8 Å². The topological polar surface area (TPSA) is 114 Å². The number of amides is 1. The molecule has 0 aliphatic carbocycles. The Morgan fingerprint density at radius 1 is 1.19 bits per heavy atom. The normalized spacial score (nSPS) is 15.8. The number of fused-ring (bicyclic) bond motifs is 2. The molecule has 1 amide bonds. The van der Waals surface area contributed by atoms with Crippen molar-refractivity contribution in [1.82, 2.24) is 35.0 Å². The van der Waals surface area contributed by atoms with Crippen molar-refractivity contribution in [3.8, 4) is 11.6 Å². The number of H-pyrrole nitrogens is 1. The van der Waals surface area contributed by atoms with E-state index in [4.69, 9.17) is 4.42 Å². The average molecular weight is 447 g/mol. The highest BCUT2D eigenvalue weighted by Gasteiger charge is 2.38. The molecule has 0 bridgehead atoms. The first-order valence-electron chi connectivity index (χ1n) is 9.82. The summed E-state index contributed by atoms with van der Waals surface area (Å²) in [5.41, 5.74) is 2.34. The zero-order chi connectivity index (χ0) is 21.7. The molecule has 5 aromatic rings. The van der Waals surface area contributed by atoms with Gasteiger partial charge in [-0.15, -0.1) is 21.5 Å². The highest BCUT2D eigenvalue weighted by Crippen LogP contribution is 2.38. The first-order valence-corrected chi connectivity index (χ1v) is 10.6. The lowest BCUT2D eigenvalue weighted by atomic mass is 10.0. The SMILES string of the molecule is O=C(c1nnc(-c2ccccn2)o1)N1CCc2[nH]cnc2[C@H]1c1nc2c(F)cccc2s1. The number of nitrogens with one attached hydrogen (secondary N) is 1. The summed E-state index contributed by atoms with van der Waals surface area (Å²) in [6, 6.07) is 9.49. The molecule has 1 aliphatic heterocycles. The fourth-order valence-corrected chi connectivity index (χ4v) is 4.92. The highest BCUT2D eigenvalue weighted by atomic mass is 32.1. The van der Waals surface area contributed by atoms with Crippen molar-refractivity contribution in [3.63, 3.8) is 0 Å². The number of benzene rings is 1. The smallest absolute Gasteiger partial charge is 0.312 e. The van der Waals surface area contributed by atoms with Gasteiger partial charge in [0.1, 0.15) is 28.1 Å². The Balaban J connectivity index is 1.41. The Kier molecular flexibility index (Phi) is 4.28. The van der Waals surface area contributed by atoms with Crippen molar-refractivity contribution in [2.75, 3.05) is 6.54 Å². The van der Waals surface area contributed by atoms with Crippen LogP contribution in [0.4, 0.5) is 4.39 Å². The van der Waals surface area contributed by atoms with Gasteiger partial charge in [0.25, 0.3) is 5.89 Å². The summed E-state index contributed by atoms with van der Waals surface area (Å²) in [7, 11) is 0. The van der Waals surface area contributed by atoms with Gasteiger partial charge in [0, 0.05) is 24.9 Å². The number of aromatic nitrogens is 6. The van der Waals surface area contributed by atoms with Crippen LogP contribution in [-0.2, 0) is 6.42 Å². The molecule has 1 atom stereocenters. The fraction of sp³-hybridized carbons (Fsp3) is 0.143. The fourth-order valence-electron chi connectivity index (χ4n) is 3.82. The summed E-state index contributed by atoms with van der Waals surface area (Å²) in [5.74, 6) is -0.845. The van der Waals surface area contributed by atoms with E-state index in [9.17, 15) is 9.18 Å². The number of nitrogens with zero attached hydrogens (tertiary/aromatic N) is 6. The monoisotopic (exact) mass is 447 g/mol. The lowest BCUT2D eigenvalue weighted by Crippen LogP contribution is -2.41. The van der Waals surface area contributed by atoms with E-state index >= 15 is 0 Å². The van der Waals surface area contributed by atoms with Crippen molar-refractivity contribution in [3.05, 3.63) is 77.0 Å². The summed E-state index contributed by atoms with van der Waals surface area (Å²) in [6.07, 6.45) is 3.77. The number of thiazole rings is 1. The second kappa shape index (κ2) is 7.31. The van der Waals surface area contributed by atoms with Gasteiger partial charge in [0.2, 0.25) is 0 Å². The largest absolute Gasteiger partial charge is 0.411 e. The minimum absolute atomic E-state index is 0.151. The van der Waals surface area contributed by atoms with Crippen LogP contribution in [0.1, 0.15) is 33.1 Å². The summed E-state index contributed by atoms with van der Waals surface area (Å²) in [5, 5.41) is 8.48. The molecule has 0 unspecified atom stereocenters. The van der Waals surface area contributed by atoms with Crippen LogP contribution in [0.25, 0.3) is 21.8 Å². The molecule has 0 spiro atoms. The van der Waals surface area contributed by atoms with E-state index < -0.39 is 17.8 Å². The van der Waals surface area contributed by atoms with Gasteiger partial charge in [0.15, 0.2) is 0 Å². The number of rotatable bonds is 3. The van der Waals surface area contributed by atoms with Crippen molar-refractivity contribution >= 4 is 27.5 Å². The van der Waals surface area contributed by atoms with E-state index in [1.807, 2.05) is 0 Å². The molecule has 4 aromatic heterocycles. The standard InChI is InChI=1S/C21H14FN7O2S/c22-11-4-3-6-14-15(11)26-20(32-14)17-16-12(24-10-25-16)7-9-29(17)21(30)19-28-27-18(31-19)13-5-1-2-8-23-13/h1-6,8,10,17H,7,9H2,(H,24,25)/t17-/m0/s1. The second-order valence-electron chi connectivity index (χ2n) is 7.18. The van der Waals surface area contributed by atoms with E-state index in [0.717, 1.165) is 5.69 Å². The molecule has 0 radical (unpaired) electrons. The molecule has 9 nitrogen and oxygen atoms in total. The maximum absolute atomic E-state index is 14.3.